The minimum absolute atomic E-state index is 0.0807. The van der Waals surface area contributed by atoms with E-state index in [-0.39, 0.29) is 21.3 Å². The Hall–Kier alpha value is -2.35. The minimum Gasteiger partial charge on any atom is -0.469 e. The van der Waals surface area contributed by atoms with E-state index in [2.05, 4.69) is 10.6 Å². The number of amides is 2. The Balaban J connectivity index is 1.79. The molecule has 2 heterocycles. The number of rotatable bonds is 4. The van der Waals surface area contributed by atoms with Gasteiger partial charge in [-0.25, -0.2) is 4.39 Å². The third-order valence-corrected chi connectivity index (χ3v) is 4.96. The molecule has 0 unspecified atom stereocenters. The Morgan fingerprint density at radius 2 is 1.81 bits per heavy atom. The molecule has 9 heteroatoms. The number of aryl methyl sites for hydroxylation is 1. The number of halogens is 3. The lowest BCUT2D eigenvalue weighted by atomic mass is 10.2. The third kappa shape index (κ3) is 3.90. The van der Waals surface area contributed by atoms with Gasteiger partial charge in [0.25, 0.3) is 11.8 Å². The second-order valence-electron chi connectivity index (χ2n) is 5.23. The van der Waals surface area contributed by atoms with E-state index in [4.69, 9.17) is 27.6 Å². The van der Waals surface area contributed by atoms with Crippen molar-refractivity contribution in [2.75, 3.05) is 10.6 Å². The van der Waals surface area contributed by atoms with E-state index in [1.54, 1.807) is 6.92 Å². The van der Waals surface area contributed by atoms with Crippen LogP contribution >= 0.6 is 34.5 Å². The Kier molecular flexibility index (Phi) is 5.31. The fraction of sp³-hybridized carbons (Fsp3) is 0.0588. The van der Waals surface area contributed by atoms with Crippen LogP contribution in [0.4, 0.5) is 15.8 Å². The van der Waals surface area contributed by atoms with Gasteiger partial charge in [0.15, 0.2) is 0 Å². The van der Waals surface area contributed by atoms with Crippen LogP contribution in [0.25, 0.3) is 0 Å². The van der Waals surface area contributed by atoms with Crippen molar-refractivity contribution in [1.82, 2.24) is 0 Å². The van der Waals surface area contributed by atoms with Crippen molar-refractivity contribution in [3.8, 4) is 0 Å². The summed E-state index contributed by atoms with van der Waals surface area (Å²) in [5.41, 5.74) is 0.709. The van der Waals surface area contributed by atoms with Gasteiger partial charge in [-0.2, -0.15) is 0 Å². The average Bonchev–Trinajstić information content (AvgIpc) is 3.15. The number of hydrogen-bond donors (Lipinski definition) is 2. The highest BCUT2D eigenvalue weighted by Gasteiger charge is 2.17. The number of carbonyl (C=O) groups is 2. The highest BCUT2D eigenvalue weighted by atomic mass is 35.5. The van der Waals surface area contributed by atoms with Crippen molar-refractivity contribution in [3.63, 3.8) is 0 Å². The summed E-state index contributed by atoms with van der Waals surface area (Å²) in [4.78, 5) is 24.5. The normalized spacial score (nSPS) is 10.6. The molecule has 26 heavy (non-hydrogen) atoms. The molecule has 0 aliphatic rings. The van der Waals surface area contributed by atoms with Crippen molar-refractivity contribution in [1.29, 1.82) is 0 Å². The average molecular weight is 413 g/mol. The Morgan fingerprint density at radius 3 is 2.42 bits per heavy atom. The molecule has 0 saturated carbocycles. The van der Waals surface area contributed by atoms with Gasteiger partial charge < -0.3 is 15.1 Å². The molecular formula is C17H11Cl2FN2O3S. The molecule has 2 aromatic heterocycles. The lowest BCUT2D eigenvalue weighted by Crippen LogP contribution is -2.15. The monoisotopic (exact) mass is 412 g/mol. The van der Waals surface area contributed by atoms with E-state index in [1.165, 1.54) is 30.5 Å². The van der Waals surface area contributed by atoms with Gasteiger partial charge in [0.1, 0.15) is 15.9 Å². The van der Waals surface area contributed by atoms with Gasteiger partial charge >= 0.3 is 0 Å². The lowest BCUT2D eigenvalue weighted by molar-refractivity contribution is 0.101. The molecule has 2 N–H and O–H groups in total. The molecule has 0 bridgehead atoms. The van der Waals surface area contributed by atoms with E-state index >= 15 is 0 Å². The molecule has 3 aromatic rings. The summed E-state index contributed by atoms with van der Waals surface area (Å²) < 4.78 is 19.7. The Morgan fingerprint density at radius 1 is 1.08 bits per heavy atom. The van der Waals surface area contributed by atoms with Crippen LogP contribution in [0.15, 0.2) is 41.0 Å². The second-order valence-corrected chi connectivity index (χ2v) is 7.52. The summed E-state index contributed by atoms with van der Waals surface area (Å²) in [5, 5.41) is 5.04. The third-order valence-electron chi connectivity index (χ3n) is 3.48. The van der Waals surface area contributed by atoms with Crippen LogP contribution in [0.5, 0.6) is 0 Å². The van der Waals surface area contributed by atoms with Crippen LogP contribution in [0, 0.1) is 12.7 Å². The zero-order chi connectivity index (χ0) is 18.8. The van der Waals surface area contributed by atoms with Crippen LogP contribution < -0.4 is 10.6 Å². The maximum atomic E-state index is 14.0. The molecular weight excluding hydrogens is 402 g/mol. The number of hydrogen-bond acceptors (Lipinski definition) is 4. The van der Waals surface area contributed by atoms with Crippen molar-refractivity contribution in [3.05, 3.63) is 68.0 Å². The first-order chi connectivity index (χ1) is 12.3. The smallest absolute Gasteiger partial charge is 0.259 e. The number of carbonyl (C=O) groups excluding carboxylic acids is 2. The molecule has 1 aromatic carbocycles. The van der Waals surface area contributed by atoms with E-state index < -0.39 is 17.6 Å². The molecule has 134 valence electrons. The molecule has 0 saturated heterocycles. The first kappa shape index (κ1) is 18.4. The number of thiophene rings is 1. The minimum atomic E-state index is -0.644. The van der Waals surface area contributed by atoms with Gasteiger partial charge in [-0.1, -0.05) is 23.2 Å². The van der Waals surface area contributed by atoms with E-state index in [0.717, 1.165) is 17.4 Å². The quantitative estimate of drug-likeness (QED) is 0.585. The number of furan rings is 1. The van der Waals surface area contributed by atoms with E-state index in [0.29, 0.717) is 15.7 Å². The van der Waals surface area contributed by atoms with Crippen LogP contribution in [-0.2, 0) is 0 Å². The summed E-state index contributed by atoms with van der Waals surface area (Å²) in [6.45, 7) is 1.62. The van der Waals surface area contributed by atoms with Gasteiger partial charge in [-0.15, -0.1) is 11.3 Å². The zero-order valence-electron chi connectivity index (χ0n) is 13.2. The summed E-state index contributed by atoms with van der Waals surface area (Å²) in [6, 6.07) is 6.74. The molecule has 0 spiro atoms. The first-order valence-corrected chi connectivity index (χ1v) is 8.83. The van der Waals surface area contributed by atoms with Crippen LogP contribution in [-0.4, -0.2) is 11.8 Å². The topological polar surface area (TPSA) is 71.3 Å². The summed E-state index contributed by atoms with van der Waals surface area (Å²) in [6.07, 6.45) is 1.37. The molecule has 0 atom stereocenters. The van der Waals surface area contributed by atoms with Crippen molar-refractivity contribution >= 4 is 57.7 Å². The van der Waals surface area contributed by atoms with Crippen molar-refractivity contribution in [2.45, 2.75) is 6.92 Å². The van der Waals surface area contributed by atoms with Crippen LogP contribution in [0.3, 0.4) is 0 Å². The standard InChI is InChI=1S/C17H11Cl2FN2O3S/c1-8-10(4-5-25-8)16(23)22-13-6-9(2-3-12(13)20)21-17(24)11-7-14(18)26-15(11)19/h2-7H,1H3,(H,21,24)(H,22,23). The molecule has 5 nitrogen and oxygen atoms in total. The molecule has 0 fully saturated rings. The Bertz CT molecular complexity index is 1000. The molecule has 0 aliphatic carbocycles. The maximum Gasteiger partial charge on any atom is 0.259 e. The lowest BCUT2D eigenvalue weighted by Gasteiger charge is -2.09. The van der Waals surface area contributed by atoms with Gasteiger partial charge in [-0.3, -0.25) is 9.59 Å². The number of benzene rings is 1. The zero-order valence-corrected chi connectivity index (χ0v) is 15.6. The number of anilines is 2. The highest BCUT2D eigenvalue weighted by molar-refractivity contribution is 7.20. The molecule has 0 radical (unpaired) electrons. The van der Waals surface area contributed by atoms with Gasteiger partial charge in [0.2, 0.25) is 0 Å². The van der Waals surface area contributed by atoms with Gasteiger partial charge in [0, 0.05) is 5.69 Å². The second kappa shape index (κ2) is 7.49. The van der Waals surface area contributed by atoms with Crippen LogP contribution in [0.2, 0.25) is 8.67 Å². The predicted molar refractivity (Wildman–Crippen MR) is 100 cm³/mol. The van der Waals surface area contributed by atoms with E-state index in [9.17, 15) is 14.0 Å². The van der Waals surface area contributed by atoms with Crippen molar-refractivity contribution < 1.29 is 18.4 Å². The van der Waals surface area contributed by atoms with Crippen molar-refractivity contribution in [2.24, 2.45) is 0 Å². The largest absolute Gasteiger partial charge is 0.469 e. The molecule has 3 rings (SSSR count). The first-order valence-electron chi connectivity index (χ1n) is 7.26. The summed E-state index contributed by atoms with van der Waals surface area (Å²) in [7, 11) is 0. The Labute approximate surface area is 161 Å². The van der Waals surface area contributed by atoms with Crippen LogP contribution in [0.1, 0.15) is 26.5 Å². The van der Waals surface area contributed by atoms with Gasteiger partial charge in [-0.05, 0) is 37.3 Å². The predicted octanol–water partition coefficient (Wildman–Crippen LogP) is 5.60. The summed E-state index contributed by atoms with van der Waals surface area (Å²) >= 11 is 12.8. The van der Waals surface area contributed by atoms with E-state index in [1.807, 2.05) is 0 Å². The fourth-order valence-corrected chi connectivity index (χ4v) is 3.66. The number of nitrogens with one attached hydrogen (secondary N) is 2. The SMILES string of the molecule is Cc1occc1C(=O)Nc1cc(NC(=O)c2cc(Cl)sc2Cl)ccc1F. The van der Waals surface area contributed by atoms with Gasteiger partial charge in [0.05, 0.1) is 27.4 Å². The highest BCUT2D eigenvalue weighted by Crippen LogP contribution is 2.32. The molecule has 0 aliphatic heterocycles. The summed E-state index contributed by atoms with van der Waals surface area (Å²) in [5.74, 6) is -1.25. The molecule has 2 amide bonds. The fourth-order valence-electron chi connectivity index (χ4n) is 2.20. The maximum absolute atomic E-state index is 14.0.